The molecule has 0 saturated carbocycles. The van der Waals surface area contributed by atoms with Gasteiger partial charge in [-0.2, -0.15) is 0 Å². The Balaban J connectivity index is 1.45. The van der Waals surface area contributed by atoms with Crippen molar-refractivity contribution in [3.05, 3.63) is 35.0 Å². The van der Waals surface area contributed by atoms with Crippen LogP contribution in [0, 0.1) is 0 Å². The highest BCUT2D eigenvalue weighted by Gasteiger charge is 2.14. The van der Waals surface area contributed by atoms with E-state index in [9.17, 15) is 4.79 Å². The van der Waals surface area contributed by atoms with Crippen LogP contribution in [-0.4, -0.2) is 42.1 Å². The minimum Gasteiger partial charge on any atom is -0.444 e. The highest BCUT2D eigenvalue weighted by Crippen LogP contribution is 2.19. The van der Waals surface area contributed by atoms with Crippen molar-refractivity contribution < 1.29 is 9.21 Å². The third kappa shape index (κ3) is 4.22. The standard InChI is InChI=1S/C15H18BrN5O2/c16-12-4-3-11(23-12)15(22)18-6-5-17-13-9-14(20-10-19-13)21-7-1-2-8-21/h3-4,9-10H,1-2,5-8H2,(H,18,22)(H,17,19,20). The van der Waals surface area contributed by atoms with Crippen molar-refractivity contribution in [3.8, 4) is 0 Å². The number of aromatic nitrogens is 2. The Labute approximate surface area is 142 Å². The Bertz CT molecular complexity index is 669. The SMILES string of the molecule is O=C(NCCNc1cc(N2CCCC2)ncn1)c1ccc(Br)o1. The van der Waals surface area contributed by atoms with E-state index >= 15 is 0 Å². The summed E-state index contributed by atoms with van der Waals surface area (Å²) in [6.07, 6.45) is 3.98. The topological polar surface area (TPSA) is 83.3 Å². The predicted molar refractivity (Wildman–Crippen MR) is 90.7 cm³/mol. The molecule has 1 saturated heterocycles. The first-order valence-electron chi connectivity index (χ1n) is 7.57. The minimum absolute atomic E-state index is 0.238. The van der Waals surface area contributed by atoms with Gasteiger partial charge in [0.25, 0.3) is 5.91 Å². The van der Waals surface area contributed by atoms with Crippen molar-refractivity contribution in [1.82, 2.24) is 15.3 Å². The van der Waals surface area contributed by atoms with Crippen LogP contribution in [0.3, 0.4) is 0 Å². The first kappa shape index (κ1) is 15.8. The van der Waals surface area contributed by atoms with Crippen molar-refractivity contribution in [2.45, 2.75) is 12.8 Å². The van der Waals surface area contributed by atoms with Gasteiger partial charge in [0, 0.05) is 32.2 Å². The lowest BCUT2D eigenvalue weighted by Gasteiger charge is -2.16. The quantitative estimate of drug-likeness (QED) is 0.749. The third-order valence-corrected chi connectivity index (χ3v) is 4.02. The van der Waals surface area contributed by atoms with E-state index < -0.39 is 0 Å². The van der Waals surface area contributed by atoms with E-state index in [1.54, 1.807) is 18.5 Å². The number of hydrogen-bond acceptors (Lipinski definition) is 6. The number of rotatable bonds is 6. The molecular formula is C15H18BrN5O2. The van der Waals surface area contributed by atoms with Gasteiger partial charge in [-0.25, -0.2) is 9.97 Å². The summed E-state index contributed by atoms with van der Waals surface area (Å²) in [5, 5.41) is 5.97. The molecule has 0 aromatic carbocycles. The highest BCUT2D eigenvalue weighted by molar-refractivity contribution is 9.10. The van der Waals surface area contributed by atoms with Gasteiger partial charge in [0.05, 0.1) is 0 Å². The maximum Gasteiger partial charge on any atom is 0.287 e. The molecule has 2 N–H and O–H groups in total. The summed E-state index contributed by atoms with van der Waals surface area (Å²) in [5.74, 6) is 1.76. The van der Waals surface area contributed by atoms with Crippen molar-refractivity contribution >= 4 is 33.5 Å². The molecule has 2 aromatic heterocycles. The Kier molecular flexibility index (Phi) is 5.12. The minimum atomic E-state index is -0.238. The summed E-state index contributed by atoms with van der Waals surface area (Å²) in [7, 11) is 0. The maximum absolute atomic E-state index is 11.8. The number of halogens is 1. The zero-order valence-corrected chi connectivity index (χ0v) is 14.2. The van der Waals surface area contributed by atoms with Gasteiger partial charge in [-0.05, 0) is 40.9 Å². The first-order chi connectivity index (χ1) is 11.2. The number of carbonyl (C=O) groups excluding carboxylic acids is 1. The molecule has 0 spiro atoms. The number of amides is 1. The average molecular weight is 380 g/mol. The summed E-state index contributed by atoms with van der Waals surface area (Å²) >= 11 is 3.17. The first-order valence-corrected chi connectivity index (χ1v) is 8.36. The molecular weight excluding hydrogens is 362 g/mol. The van der Waals surface area contributed by atoms with Crippen molar-refractivity contribution in [2.24, 2.45) is 0 Å². The van der Waals surface area contributed by atoms with E-state index in [4.69, 9.17) is 4.42 Å². The predicted octanol–water partition coefficient (Wildman–Crippen LogP) is 2.27. The van der Waals surface area contributed by atoms with Crippen LogP contribution in [0.4, 0.5) is 11.6 Å². The fraction of sp³-hybridized carbons (Fsp3) is 0.400. The van der Waals surface area contributed by atoms with Gasteiger partial charge in [0.1, 0.15) is 18.0 Å². The van der Waals surface area contributed by atoms with Gasteiger partial charge in [-0.15, -0.1) is 0 Å². The molecule has 3 rings (SSSR count). The molecule has 122 valence electrons. The molecule has 0 unspecified atom stereocenters. The van der Waals surface area contributed by atoms with E-state index in [1.807, 2.05) is 6.07 Å². The number of nitrogens with zero attached hydrogens (tertiary/aromatic N) is 3. The second-order valence-electron chi connectivity index (χ2n) is 5.24. The van der Waals surface area contributed by atoms with E-state index in [2.05, 4.69) is 41.4 Å². The summed E-state index contributed by atoms with van der Waals surface area (Å²) in [6, 6.07) is 5.25. The second-order valence-corrected chi connectivity index (χ2v) is 6.02. The number of carbonyl (C=O) groups is 1. The Morgan fingerprint density at radius 2 is 2.09 bits per heavy atom. The van der Waals surface area contributed by atoms with E-state index in [0.29, 0.717) is 17.8 Å². The van der Waals surface area contributed by atoms with Crippen molar-refractivity contribution in [3.63, 3.8) is 0 Å². The summed E-state index contributed by atoms with van der Waals surface area (Å²) in [4.78, 5) is 22.6. The van der Waals surface area contributed by atoms with Gasteiger partial charge in [-0.1, -0.05) is 0 Å². The van der Waals surface area contributed by atoms with Crippen LogP contribution in [0.5, 0.6) is 0 Å². The van der Waals surface area contributed by atoms with E-state index in [0.717, 1.165) is 24.7 Å². The van der Waals surface area contributed by atoms with Crippen LogP contribution >= 0.6 is 15.9 Å². The molecule has 1 fully saturated rings. The zero-order valence-electron chi connectivity index (χ0n) is 12.6. The van der Waals surface area contributed by atoms with Crippen LogP contribution in [-0.2, 0) is 0 Å². The second kappa shape index (κ2) is 7.45. The lowest BCUT2D eigenvalue weighted by molar-refractivity contribution is 0.0926. The van der Waals surface area contributed by atoms with Crippen molar-refractivity contribution in [2.75, 3.05) is 36.4 Å². The number of nitrogens with one attached hydrogen (secondary N) is 2. The van der Waals surface area contributed by atoms with Gasteiger partial charge in [-0.3, -0.25) is 4.79 Å². The molecule has 0 aliphatic carbocycles. The monoisotopic (exact) mass is 379 g/mol. The van der Waals surface area contributed by atoms with Crippen LogP contribution in [0.15, 0.2) is 33.6 Å². The van der Waals surface area contributed by atoms with E-state index in [1.165, 1.54) is 12.8 Å². The molecule has 1 amide bonds. The van der Waals surface area contributed by atoms with Gasteiger partial charge >= 0.3 is 0 Å². The Morgan fingerprint density at radius 3 is 2.83 bits per heavy atom. The molecule has 0 bridgehead atoms. The summed E-state index contributed by atoms with van der Waals surface area (Å²) in [5.41, 5.74) is 0. The van der Waals surface area contributed by atoms with Gasteiger partial charge < -0.3 is 20.0 Å². The lowest BCUT2D eigenvalue weighted by Crippen LogP contribution is -2.28. The average Bonchev–Trinajstić information content (AvgIpc) is 3.23. The summed E-state index contributed by atoms with van der Waals surface area (Å²) < 4.78 is 5.73. The molecule has 2 aromatic rings. The molecule has 0 atom stereocenters. The van der Waals surface area contributed by atoms with Crippen LogP contribution in [0.1, 0.15) is 23.4 Å². The number of hydrogen-bond donors (Lipinski definition) is 2. The van der Waals surface area contributed by atoms with Gasteiger partial charge in [0.15, 0.2) is 10.4 Å². The Hall–Kier alpha value is -2.09. The molecule has 0 radical (unpaired) electrons. The fourth-order valence-corrected chi connectivity index (χ4v) is 2.76. The third-order valence-electron chi connectivity index (χ3n) is 3.60. The fourth-order valence-electron chi connectivity index (χ4n) is 2.45. The molecule has 3 heterocycles. The summed E-state index contributed by atoms with van der Waals surface area (Å²) in [6.45, 7) is 3.14. The Morgan fingerprint density at radius 1 is 1.26 bits per heavy atom. The van der Waals surface area contributed by atoms with Crippen LogP contribution in [0.25, 0.3) is 0 Å². The molecule has 8 heteroatoms. The molecule has 7 nitrogen and oxygen atoms in total. The lowest BCUT2D eigenvalue weighted by atomic mass is 10.4. The zero-order chi connectivity index (χ0) is 16.1. The van der Waals surface area contributed by atoms with Crippen molar-refractivity contribution in [1.29, 1.82) is 0 Å². The molecule has 1 aliphatic heterocycles. The number of furan rings is 1. The maximum atomic E-state index is 11.8. The largest absolute Gasteiger partial charge is 0.444 e. The van der Waals surface area contributed by atoms with Crippen LogP contribution < -0.4 is 15.5 Å². The highest BCUT2D eigenvalue weighted by atomic mass is 79.9. The van der Waals surface area contributed by atoms with Gasteiger partial charge in [0.2, 0.25) is 0 Å². The van der Waals surface area contributed by atoms with Crippen LogP contribution in [0.2, 0.25) is 0 Å². The van der Waals surface area contributed by atoms with E-state index in [-0.39, 0.29) is 11.7 Å². The molecule has 1 aliphatic rings. The smallest absolute Gasteiger partial charge is 0.287 e. The molecule has 23 heavy (non-hydrogen) atoms. The number of anilines is 2. The normalized spacial score (nSPS) is 14.0.